The van der Waals surface area contributed by atoms with Crippen molar-refractivity contribution in [3.05, 3.63) is 34.2 Å². The summed E-state index contributed by atoms with van der Waals surface area (Å²) < 4.78 is 1.85. The molecule has 0 spiro atoms. The smallest absolute Gasteiger partial charge is 0.250 e. The molecular weight excluding hydrogens is 294 g/mol. The fraction of sp³-hybridized carbons (Fsp3) is 0.588. The predicted octanol–water partition coefficient (Wildman–Crippen LogP) is 0.709. The molecule has 3 rings (SSSR count). The van der Waals surface area contributed by atoms with E-state index >= 15 is 0 Å². The minimum atomic E-state index is -0.454. The third kappa shape index (κ3) is 3.02. The molecule has 0 aromatic carbocycles. The van der Waals surface area contributed by atoms with Crippen LogP contribution >= 0.6 is 0 Å². The van der Waals surface area contributed by atoms with Gasteiger partial charge in [0, 0.05) is 44.2 Å². The highest BCUT2D eigenvalue weighted by Crippen LogP contribution is 2.35. The number of aromatic nitrogens is 1. The topological polar surface area (TPSA) is 71.4 Å². The van der Waals surface area contributed by atoms with Crippen LogP contribution in [0.15, 0.2) is 23.0 Å². The molecule has 1 aromatic rings. The first kappa shape index (κ1) is 15.8. The average Bonchev–Trinajstić information content (AvgIpc) is 2.52. The van der Waals surface area contributed by atoms with Crippen LogP contribution in [0.25, 0.3) is 0 Å². The largest absolute Gasteiger partial charge is 0.345 e. The molecule has 0 aliphatic carbocycles. The number of likely N-dealkylation sites (tertiary alicyclic amines) is 1. The zero-order valence-corrected chi connectivity index (χ0v) is 13.6. The Labute approximate surface area is 135 Å². The van der Waals surface area contributed by atoms with Gasteiger partial charge in [0.25, 0.3) is 5.56 Å². The van der Waals surface area contributed by atoms with E-state index in [1.54, 1.807) is 12.1 Å². The van der Waals surface area contributed by atoms with E-state index in [4.69, 9.17) is 0 Å². The summed E-state index contributed by atoms with van der Waals surface area (Å²) in [6.45, 7) is 5.29. The highest BCUT2D eigenvalue weighted by atomic mass is 16.2. The van der Waals surface area contributed by atoms with Gasteiger partial charge in [-0.25, -0.2) is 0 Å². The minimum Gasteiger partial charge on any atom is -0.345 e. The molecule has 6 nitrogen and oxygen atoms in total. The van der Waals surface area contributed by atoms with Crippen LogP contribution in [0, 0.1) is 5.92 Å². The van der Waals surface area contributed by atoms with Crippen LogP contribution < -0.4 is 10.9 Å². The van der Waals surface area contributed by atoms with Gasteiger partial charge in [-0.05, 0) is 24.8 Å². The first-order valence-electron chi connectivity index (χ1n) is 8.25. The molecule has 124 valence electrons. The summed E-state index contributed by atoms with van der Waals surface area (Å²) in [6.07, 6.45) is 1.60. The van der Waals surface area contributed by atoms with Gasteiger partial charge < -0.3 is 14.8 Å². The summed E-state index contributed by atoms with van der Waals surface area (Å²) in [4.78, 5) is 37.9. The average molecular weight is 317 g/mol. The van der Waals surface area contributed by atoms with Crippen molar-refractivity contribution >= 4 is 11.8 Å². The van der Waals surface area contributed by atoms with Crippen LogP contribution in [0.5, 0.6) is 0 Å². The first-order valence-corrected chi connectivity index (χ1v) is 8.25. The Morgan fingerprint density at radius 2 is 2.09 bits per heavy atom. The van der Waals surface area contributed by atoms with Gasteiger partial charge >= 0.3 is 0 Å². The summed E-state index contributed by atoms with van der Waals surface area (Å²) in [5.74, 6) is 0.318. The second kappa shape index (κ2) is 6.18. The molecule has 2 amide bonds. The molecule has 2 bridgehead atoms. The van der Waals surface area contributed by atoms with Crippen LogP contribution in [0.4, 0.5) is 0 Å². The molecule has 1 saturated heterocycles. The van der Waals surface area contributed by atoms with Crippen molar-refractivity contribution in [1.82, 2.24) is 14.8 Å². The van der Waals surface area contributed by atoms with E-state index in [-0.39, 0.29) is 23.3 Å². The Morgan fingerprint density at radius 1 is 1.30 bits per heavy atom. The second-order valence-corrected chi connectivity index (χ2v) is 6.60. The molecule has 3 atom stereocenters. The van der Waals surface area contributed by atoms with Crippen molar-refractivity contribution in [3.63, 3.8) is 0 Å². The fourth-order valence-corrected chi connectivity index (χ4v) is 3.88. The van der Waals surface area contributed by atoms with Gasteiger partial charge in [0.2, 0.25) is 11.8 Å². The lowest BCUT2D eigenvalue weighted by molar-refractivity contribution is -0.138. The van der Waals surface area contributed by atoms with E-state index in [1.807, 2.05) is 22.5 Å². The number of piperidine rings is 1. The maximum absolute atomic E-state index is 12.7. The molecule has 6 heteroatoms. The summed E-state index contributed by atoms with van der Waals surface area (Å²) >= 11 is 0. The number of nitrogens with one attached hydrogen (secondary N) is 1. The summed E-state index contributed by atoms with van der Waals surface area (Å²) in [5.41, 5.74) is 1.07. The Kier molecular flexibility index (Phi) is 4.24. The minimum absolute atomic E-state index is 0.0101. The standard InChI is InChI=1S/C17H23N3O3/c1-3-14(18-11(2)21)17(23)19-8-12-7-13(10-19)15-5-4-6-16(22)20(15)9-12/h4-6,12-14H,3,7-10H2,1-2H3,(H,18,21)/t12-,13-,14-/m0/s1. The fourth-order valence-electron chi connectivity index (χ4n) is 3.88. The Bertz CT molecular complexity index is 682. The number of fused-ring (bicyclic) bond motifs is 4. The van der Waals surface area contributed by atoms with Crippen LogP contribution in [0.1, 0.15) is 38.3 Å². The molecule has 1 fully saturated rings. The molecule has 23 heavy (non-hydrogen) atoms. The highest BCUT2D eigenvalue weighted by molar-refractivity contribution is 5.87. The van der Waals surface area contributed by atoms with Crippen molar-refractivity contribution in [2.24, 2.45) is 5.92 Å². The van der Waals surface area contributed by atoms with E-state index < -0.39 is 6.04 Å². The maximum atomic E-state index is 12.7. The van der Waals surface area contributed by atoms with Gasteiger partial charge in [-0.2, -0.15) is 0 Å². The zero-order chi connectivity index (χ0) is 16.6. The van der Waals surface area contributed by atoms with E-state index in [9.17, 15) is 14.4 Å². The maximum Gasteiger partial charge on any atom is 0.250 e. The van der Waals surface area contributed by atoms with Crippen LogP contribution in [-0.2, 0) is 16.1 Å². The summed E-state index contributed by atoms with van der Waals surface area (Å²) in [6, 6.07) is 4.92. The second-order valence-electron chi connectivity index (χ2n) is 6.60. The third-order valence-corrected chi connectivity index (χ3v) is 4.88. The molecule has 2 aliphatic heterocycles. The number of rotatable bonds is 3. The van der Waals surface area contributed by atoms with Gasteiger partial charge in [0.15, 0.2) is 0 Å². The lowest BCUT2D eigenvalue weighted by Crippen LogP contribution is -2.54. The number of hydrogen-bond acceptors (Lipinski definition) is 3. The quantitative estimate of drug-likeness (QED) is 0.892. The van der Waals surface area contributed by atoms with Crippen molar-refractivity contribution in [3.8, 4) is 0 Å². The lowest BCUT2D eigenvalue weighted by atomic mass is 9.83. The summed E-state index contributed by atoms with van der Waals surface area (Å²) in [7, 11) is 0. The number of pyridine rings is 1. The van der Waals surface area contributed by atoms with Gasteiger partial charge in [-0.15, -0.1) is 0 Å². The van der Waals surface area contributed by atoms with Crippen LogP contribution in [0.2, 0.25) is 0 Å². The number of nitrogens with zero attached hydrogens (tertiary/aromatic N) is 2. The Hall–Kier alpha value is -2.11. The predicted molar refractivity (Wildman–Crippen MR) is 86.0 cm³/mol. The third-order valence-electron chi connectivity index (χ3n) is 4.88. The molecule has 0 radical (unpaired) electrons. The number of carbonyl (C=O) groups is 2. The first-order chi connectivity index (χ1) is 11.0. The van der Waals surface area contributed by atoms with Gasteiger partial charge in [0.05, 0.1) is 0 Å². The highest BCUT2D eigenvalue weighted by Gasteiger charge is 2.37. The van der Waals surface area contributed by atoms with E-state index in [0.29, 0.717) is 32.0 Å². The van der Waals surface area contributed by atoms with E-state index in [0.717, 1.165) is 12.1 Å². The van der Waals surface area contributed by atoms with Gasteiger partial charge in [0.1, 0.15) is 6.04 Å². The molecule has 3 heterocycles. The molecule has 1 aromatic heterocycles. The van der Waals surface area contributed by atoms with Crippen molar-refractivity contribution in [1.29, 1.82) is 0 Å². The normalized spacial score (nSPS) is 23.8. The SMILES string of the molecule is CC[C@H](NC(C)=O)C(=O)N1C[C@@H]2C[C@@H](C1)c1cccc(=O)n1C2. The van der Waals surface area contributed by atoms with Gasteiger partial charge in [-0.1, -0.05) is 13.0 Å². The Balaban J connectivity index is 1.81. The lowest BCUT2D eigenvalue weighted by Gasteiger charge is -2.43. The number of carbonyl (C=O) groups excluding carboxylic acids is 2. The summed E-state index contributed by atoms with van der Waals surface area (Å²) in [5, 5.41) is 2.74. The van der Waals surface area contributed by atoms with Crippen LogP contribution in [0.3, 0.4) is 0 Å². The molecule has 1 N–H and O–H groups in total. The van der Waals surface area contributed by atoms with E-state index in [1.165, 1.54) is 6.92 Å². The monoisotopic (exact) mass is 317 g/mol. The zero-order valence-electron chi connectivity index (χ0n) is 13.6. The molecule has 0 unspecified atom stereocenters. The molecule has 2 aliphatic rings. The molecule has 0 saturated carbocycles. The number of amides is 2. The van der Waals surface area contributed by atoms with Crippen molar-refractivity contribution in [2.45, 2.75) is 45.2 Å². The Morgan fingerprint density at radius 3 is 2.78 bits per heavy atom. The van der Waals surface area contributed by atoms with Crippen molar-refractivity contribution < 1.29 is 9.59 Å². The molecular formula is C17H23N3O3. The van der Waals surface area contributed by atoms with Gasteiger partial charge in [-0.3, -0.25) is 14.4 Å². The van der Waals surface area contributed by atoms with Crippen molar-refractivity contribution in [2.75, 3.05) is 13.1 Å². The number of hydrogen-bond donors (Lipinski definition) is 1. The van der Waals surface area contributed by atoms with Crippen LogP contribution in [-0.4, -0.2) is 40.4 Å². The van der Waals surface area contributed by atoms with E-state index in [2.05, 4.69) is 5.32 Å².